The largest absolute Gasteiger partial charge is 0.396 e. The lowest BCUT2D eigenvalue weighted by atomic mass is 9.72. The molecule has 1 aromatic heterocycles. The Morgan fingerprint density at radius 3 is 2.93 bits per heavy atom. The molecule has 2 heterocycles. The third-order valence-corrected chi connectivity index (χ3v) is 5.79. The number of hydrogen-bond donors (Lipinski definition) is 4. The second kappa shape index (κ2) is 8.18. The lowest BCUT2D eigenvalue weighted by Gasteiger charge is -2.41. The van der Waals surface area contributed by atoms with Crippen molar-refractivity contribution in [3.63, 3.8) is 0 Å². The van der Waals surface area contributed by atoms with Gasteiger partial charge in [0, 0.05) is 34.6 Å². The van der Waals surface area contributed by atoms with E-state index in [0.717, 1.165) is 40.7 Å². The quantitative estimate of drug-likeness (QED) is 0.501. The summed E-state index contributed by atoms with van der Waals surface area (Å²) < 4.78 is 0. The van der Waals surface area contributed by atoms with E-state index in [4.69, 9.17) is 12.2 Å². The molecule has 0 bridgehead atoms. The number of terminal acetylenes is 1. The zero-order valence-corrected chi connectivity index (χ0v) is 16.2. The fraction of sp³-hybridized carbons (Fsp3) is 0.304. The third kappa shape index (κ3) is 3.81. The second-order valence-corrected chi connectivity index (χ2v) is 7.65. The summed E-state index contributed by atoms with van der Waals surface area (Å²) in [4.78, 5) is 8.94. The number of nitrogens with two attached hydrogens (primary N) is 1. The standard InChI is InChI=1S/C23H25N5O/c1-2-16-5-3-7-18(11-16)28-22-21-17(6-4-8-19(21)26-15-27-22)12-23(14-29)13-25-10-9-20(23)24/h1,3-8,11,15,20,25,29H,9-10,12-14,24H2,(H,26,27,28)/t20-,23+/m1/s1. The maximum absolute atomic E-state index is 10.2. The van der Waals surface area contributed by atoms with Crippen LogP contribution in [0, 0.1) is 17.8 Å². The van der Waals surface area contributed by atoms with Crippen molar-refractivity contribution < 1.29 is 5.11 Å². The molecule has 4 rings (SSSR count). The predicted octanol–water partition coefficient (Wildman–Crippen LogP) is 2.20. The van der Waals surface area contributed by atoms with Crippen LogP contribution in [0.15, 0.2) is 48.8 Å². The molecule has 1 fully saturated rings. The average Bonchev–Trinajstić information content (AvgIpc) is 2.76. The molecule has 6 nitrogen and oxygen atoms in total. The number of nitrogens with zero attached hydrogens (tertiary/aromatic N) is 2. The predicted molar refractivity (Wildman–Crippen MR) is 116 cm³/mol. The molecular formula is C23H25N5O. The number of fused-ring (bicyclic) bond motifs is 1. The molecule has 0 aliphatic carbocycles. The first-order valence-electron chi connectivity index (χ1n) is 9.79. The van der Waals surface area contributed by atoms with Gasteiger partial charge >= 0.3 is 0 Å². The number of nitrogens with one attached hydrogen (secondary N) is 2. The molecule has 0 spiro atoms. The highest BCUT2D eigenvalue weighted by atomic mass is 16.3. The molecule has 1 saturated heterocycles. The summed E-state index contributed by atoms with van der Waals surface area (Å²) in [5.74, 6) is 3.37. The Balaban J connectivity index is 1.76. The van der Waals surface area contributed by atoms with Crippen molar-refractivity contribution >= 4 is 22.4 Å². The van der Waals surface area contributed by atoms with Crippen LogP contribution in [0.2, 0.25) is 0 Å². The van der Waals surface area contributed by atoms with Crippen molar-refractivity contribution in [3.8, 4) is 12.3 Å². The lowest BCUT2D eigenvalue weighted by molar-refractivity contribution is 0.0746. The van der Waals surface area contributed by atoms with E-state index in [-0.39, 0.29) is 12.6 Å². The maximum atomic E-state index is 10.2. The highest BCUT2D eigenvalue weighted by molar-refractivity contribution is 5.93. The summed E-state index contributed by atoms with van der Waals surface area (Å²) >= 11 is 0. The molecule has 29 heavy (non-hydrogen) atoms. The minimum absolute atomic E-state index is 0.0260. The van der Waals surface area contributed by atoms with Crippen molar-refractivity contribution in [1.82, 2.24) is 15.3 Å². The van der Waals surface area contributed by atoms with E-state index in [1.807, 2.05) is 36.4 Å². The van der Waals surface area contributed by atoms with Gasteiger partial charge in [0.2, 0.25) is 0 Å². The number of piperidine rings is 1. The fourth-order valence-electron chi connectivity index (χ4n) is 4.08. The molecule has 0 saturated carbocycles. The van der Waals surface area contributed by atoms with E-state index < -0.39 is 5.41 Å². The van der Waals surface area contributed by atoms with Gasteiger partial charge in [-0.1, -0.05) is 24.1 Å². The Hall–Kier alpha value is -2.98. The normalized spacial score (nSPS) is 21.6. The Bertz CT molecular complexity index is 1060. The molecule has 1 aliphatic rings. The number of aliphatic hydroxyl groups excluding tert-OH is 1. The third-order valence-electron chi connectivity index (χ3n) is 5.79. The van der Waals surface area contributed by atoms with Crippen molar-refractivity contribution in [2.75, 3.05) is 25.0 Å². The van der Waals surface area contributed by atoms with Crippen molar-refractivity contribution in [2.45, 2.75) is 18.9 Å². The minimum Gasteiger partial charge on any atom is -0.396 e. The Labute approximate surface area is 170 Å². The molecule has 3 aromatic rings. The SMILES string of the molecule is C#Cc1cccc(Nc2ncnc3cccc(C[C@@]4(CO)CNCC[C@H]4N)c23)c1. The number of rotatable bonds is 5. The zero-order chi connectivity index (χ0) is 20.3. The van der Waals surface area contributed by atoms with E-state index in [0.29, 0.717) is 18.8 Å². The first-order chi connectivity index (χ1) is 14.1. The topological polar surface area (TPSA) is 96.1 Å². The van der Waals surface area contributed by atoms with Crippen molar-refractivity contribution in [2.24, 2.45) is 11.1 Å². The number of benzene rings is 2. The first-order valence-corrected chi connectivity index (χ1v) is 9.79. The summed E-state index contributed by atoms with van der Waals surface area (Å²) in [6, 6.07) is 13.6. The van der Waals surface area contributed by atoms with Gasteiger partial charge in [0.05, 0.1) is 12.1 Å². The Morgan fingerprint density at radius 1 is 1.28 bits per heavy atom. The van der Waals surface area contributed by atoms with E-state index in [1.54, 1.807) is 6.33 Å². The van der Waals surface area contributed by atoms with Crippen LogP contribution in [0.25, 0.3) is 10.9 Å². The van der Waals surface area contributed by atoms with E-state index >= 15 is 0 Å². The van der Waals surface area contributed by atoms with Gasteiger partial charge in [-0.05, 0) is 49.2 Å². The number of aliphatic hydroxyl groups is 1. The van der Waals surface area contributed by atoms with Gasteiger partial charge in [-0.15, -0.1) is 6.42 Å². The van der Waals surface area contributed by atoms with Gasteiger partial charge in [0.25, 0.3) is 0 Å². The first kappa shape index (κ1) is 19.3. The van der Waals surface area contributed by atoms with Crippen LogP contribution >= 0.6 is 0 Å². The number of aromatic nitrogens is 2. The van der Waals surface area contributed by atoms with Gasteiger partial charge in [-0.3, -0.25) is 0 Å². The molecule has 1 aliphatic heterocycles. The summed E-state index contributed by atoms with van der Waals surface area (Å²) in [5, 5.41) is 17.9. The van der Waals surface area contributed by atoms with Crippen LogP contribution in [0.5, 0.6) is 0 Å². The van der Waals surface area contributed by atoms with Crippen LogP contribution in [-0.4, -0.2) is 40.8 Å². The van der Waals surface area contributed by atoms with Gasteiger partial charge in [0.15, 0.2) is 0 Å². The molecule has 148 valence electrons. The molecule has 0 amide bonds. The van der Waals surface area contributed by atoms with E-state index in [1.165, 1.54) is 0 Å². The van der Waals surface area contributed by atoms with Crippen LogP contribution in [0.1, 0.15) is 17.5 Å². The van der Waals surface area contributed by atoms with Crippen molar-refractivity contribution in [1.29, 1.82) is 0 Å². The molecular weight excluding hydrogens is 362 g/mol. The smallest absolute Gasteiger partial charge is 0.141 e. The average molecular weight is 387 g/mol. The monoisotopic (exact) mass is 387 g/mol. The van der Waals surface area contributed by atoms with Gasteiger partial charge in [0.1, 0.15) is 12.1 Å². The van der Waals surface area contributed by atoms with Crippen LogP contribution in [-0.2, 0) is 6.42 Å². The second-order valence-electron chi connectivity index (χ2n) is 7.65. The summed E-state index contributed by atoms with van der Waals surface area (Å²) in [5.41, 5.74) is 9.60. The van der Waals surface area contributed by atoms with Crippen molar-refractivity contribution in [3.05, 3.63) is 59.9 Å². The lowest BCUT2D eigenvalue weighted by Crippen LogP contribution is -2.57. The molecule has 0 radical (unpaired) electrons. The molecule has 6 heteroatoms. The summed E-state index contributed by atoms with van der Waals surface area (Å²) in [6.07, 6.45) is 8.56. The minimum atomic E-state index is -0.414. The molecule has 0 unspecified atom stereocenters. The molecule has 2 atom stereocenters. The fourth-order valence-corrected chi connectivity index (χ4v) is 4.08. The zero-order valence-electron chi connectivity index (χ0n) is 16.2. The summed E-state index contributed by atoms with van der Waals surface area (Å²) in [7, 11) is 0. The number of hydrogen-bond acceptors (Lipinski definition) is 6. The van der Waals surface area contributed by atoms with Crippen LogP contribution < -0.4 is 16.4 Å². The van der Waals surface area contributed by atoms with Crippen LogP contribution in [0.4, 0.5) is 11.5 Å². The molecule has 5 N–H and O–H groups in total. The Morgan fingerprint density at radius 2 is 2.14 bits per heavy atom. The van der Waals surface area contributed by atoms with Gasteiger partial charge in [-0.2, -0.15) is 0 Å². The Kier molecular flexibility index (Phi) is 5.45. The molecule has 2 aromatic carbocycles. The number of anilines is 2. The van der Waals surface area contributed by atoms with Gasteiger partial charge in [-0.25, -0.2) is 9.97 Å². The highest BCUT2D eigenvalue weighted by Crippen LogP contribution is 2.34. The highest BCUT2D eigenvalue weighted by Gasteiger charge is 2.39. The van der Waals surface area contributed by atoms with E-state index in [9.17, 15) is 5.11 Å². The van der Waals surface area contributed by atoms with E-state index in [2.05, 4.69) is 32.6 Å². The maximum Gasteiger partial charge on any atom is 0.141 e. The summed E-state index contributed by atoms with van der Waals surface area (Å²) in [6.45, 7) is 1.58. The van der Waals surface area contributed by atoms with Gasteiger partial charge < -0.3 is 21.5 Å². The van der Waals surface area contributed by atoms with Crippen LogP contribution in [0.3, 0.4) is 0 Å².